The second kappa shape index (κ2) is 3.83. The van der Waals surface area contributed by atoms with Crippen LogP contribution in [-0.2, 0) is 0 Å². The summed E-state index contributed by atoms with van der Waals surface area (Å²) in [7, 11) is 0. The molecule has 84 valence electrons. The highest BCUT2D eigenvalue weighted by Crippen LogP contribution is 2.37. The smallest absolute Gasteiger partial charge is 0.386 e. The van der Waals surface area contributed by atoms with Gasteiger partial charge in [-0.2, -0.15) is 13.2 Å². The summed E-state index contributed by atoms with van der Waals surface area (Å²) in [5.41, 5.74) is 2.60. The number of benzene rings is 1. The zero-order chi connectivity index (χ0) is 11.7. The zero-order valence-electron chi connectivity index (χ0n) is 8.12. The Kier molecular flexibility index (Phi) is 3.06. The van der Waals surface area contributed by atoms with Crippen molar-refractivity contribution < 1.29 is 18.3 Å². The van der Waals surface area contributed by atoms with Gasteiger partial charge in [-0.1, -0.05) is 30.3 Å². The molecule has 1 aromatic carbocycles. The first kappa shape index (κ1) is 12.0. The number of aliphatic hydroxyl groups excluding tert-OH is 1. The quantitative estimate of drug-likeness (QED) is 0.799. The Morgan fingerprint density at radius 1 is 1.20 bits per heavy atom. The van der Waals surface area contributed by atoms with Crippen LogP contribution >= 0.6 is 0 Å². The van der Waals surface area contributed by atoms with Crippen molar-refractivity contribution in [2.24, 2.45) is 5.73 Å². The van der Waals surface area contributed by atoms with Gasteiger partial charge in [0.1, 0.15) is 11.6 Å². The van der Waals surface area contributed by atoms with Crippen LogP contribution in [0.5, 0.6) is 0 Å². The monoisotopic (exact) mass is 219 g/mol. The molecular formula is C10H12F3NO. The lowest BCUT2D eigenvalue weighted by Crippen LogP contribution is -2.55. The molecule has 2 nitrogen and oxygen atoms in total. The second-order valence-corrected chi connectivity index (χ2v) is 3.59. The van der Waals surface area contributed by atoms with E-state index < -0.39 is 17.8 Å². The van der Waals surface area contributed by atoms with Gasteiger partial charge in [0.15, 0.2) is 0 Å². The Morgan fingerprint density at radius 2 is 1.67 bits per heavy atom. The van der Waals surface area contributed by atoms with Crippen LogP contribution in [-0.4, -0.2) is 16.8 Å². The lowest BCUT2D eigenvalue weighted by Gasteiger charge is -2.32. The van der Waals surface area contributed by atoms with Gasteiger partial charge in [0.05, 0.1) is 0 Å². The van der Waals surface area contributed by atoms with E-state index in [-0.39, 0.29) is 5.56 Å². The fourth-order valence-electron chi connectivity index (χ4n) is 1.14. The summed E-state index contributed by atoms with van der Waals surface area (Å²) in [5.74, 6) is 0. The first-order valence-corrected chi connectivity index (χ1v) is 4.35. The van der Waals surface area contributed by atoms with Crippen LogP contribution in [0.15, 0.2) is 30.3 Å². The second-order valence-electron chi connectivity index (χ2n) is 3.59. The Morgan fingerprint density at radius 3 is 2.07 bits per heavy atom. The summed E-state index contributed by atoms with van der Waals surface area (Å²) in [5, 5.41) is 9.54. The van der Waals surface area contributed by atoms with E-state index in [1.54, 1.807) is 18.2 Å². The maximum atomic E-state index is 12.5. The fourth-order valence-corrected chi connectivity index (χ4v) is 1.14. The first-order valence-electron chi connectivity index (χ1n) is 4.35. The van der Waals surface area contributed by atoms with E-state index in [0.29, 0.717) is 0 Å². The molecule has 15 heavy (non-hydrogen) atoms. The van der Waals surface area contributed by atoms with E-state index in [4.69, 9.17) is 5.73 Å². The van der Waals surface area contributed by atoms with Gasteiger partial charge in [-0.15, -0.1) is 0 Å². The summed E-state index contributed by atoms with van der Waals surface area (Å²) in [4.78, 5) is 0. The predicted molar refractivity (Wildman–Crippen MR) is 50.0 cm³/mol. The van der Waals surface area contributed by atoms with Gasteiger partial charge in [-0.05, 0) is 12.5 Å². The molecule has 0 aliphatic heterocycles. The number of aliphatic hydroxyl groups is 1. The summed E-state index contributed by atoms with van der Waals surface area (Å²) in [6, 6.07) is 7.55. The van der Waals surface area contributed by atoms with Crippen LogP contribution in [0.1, 0.15) is 18.6 Å². The van der Waals surface area contributed by atoms with Crippen LogP contribution in [0.25, 0.3) is 0 Å². The normalized spacial score (nSPS) is 18.3. The standard InChI is InChI=1S/C10H12F3NO/c1-9(14,10(11,12)13)8(15)7-5-3-2-4-6-7/h2-6,8,15H,14H2,1H3. The maximum absolute atomic E-state index is 12.5. The third-order valence-corrected chi connectivity index (χ3v) is 2.29. The van der Waals surface area contributed by atoms with Gasteiger partial charge < -0.3 is 10.8 Å². The van der Waals surface area contributed by atoms with Crippen molar-refractivity contribution in [1.29, 1.82) is 0 Å². The highest BCUT2D eigenvalue weighted by molar-refractivity contribution is 5.21. The highest BCUT2D eigenvalue weighted by atomic mass is 19.4. The lowest BCUT2D eigenvalue weighted by molar-refractivity contribution is -0.207. The number of hydrogen-bond acceptors (Lipinski definition) is 2. The number of hydrogen-bond donors (Lipinski definition) is 2. The van der Waals surface area contributed by atoms with Gasteiger partial charge in [-0.3, -0.25) is 0 Å². The summed E-state index contributed by atoms with van der Waals surface area (Å²) in [6.45, 7) is 0.769. The van der Waals surface area contributed by atoms with Crippen LogP contribution in [0.2, 0.25) is 0 Å². The van der Waals surface area contributed by atoms with E-state index in [2.05, 4.69) is 0 Å². The Balaban J connectivity index is 3.00. The van der Waals surface area contributed by atoms with Crippen LogP contribution in [0, 0.1) is 0 Å². The molecule has 0 radical (unpaired) electrons. The number of nitrogens with two attached hydrogens (primary N) is 1. The molecule has 2 unspecified atom stereocenters. The van der Waals surface area contributed by atoms with E-state index in [1.807, 2.05) is 0 Å². The van der Waals surface area contributed by atoms with Gasteiger partial charge in [0, 0.05) is 0 Å². The molecule has 0 aliphatic carbocycles. The van der Waals surface area contributed by atoms with Gasteiger partial charge in [-0.25, -0.2) is 0 Å². The minimum absolute atomic E-state index is 0.153. The van der Waals surface area contributed by atoms with Gasteiger partial charge in [0.2, 0.25) is 0 Å². The SMILES string of the molecule is CC(N)(C(O)c1ccccc1)C(F)(F)F. The number of halogens is 3. The molecule has 1 rings (SSSR count). The molecule has 0 amide bonds. The maximum Gasteiger partial charge on any atom is 0.408 e. The molecule has 5 heteroatoms. The van der Waals surface area contributed by atoms with Crippen LogP contribution < -0.4 is 5.73 Å². The number of alkyl halides is 3. The Labute approximate surface area is 85.5 Å². The summed E-state index contributed by atoms with van der Waals surface area (Å²) >= 11 is 0. The molecule has 0 spiro atoms. The van der Waals surface area contributed by atoms with Crippen LogP contribution in [0.3, 0.4) is 0 Å². The molecule has 0 bridgehead atoms. The molecule has 0 aromatic heterocycles. The van der Waals surface area contributed by atoms with E-state index >= 15 is 0 Å². The van der Waals surface area contributed by atoms with Crippen molar-refractivity contribution in [3.63, 3.8) is 0 Å². The van der Waals surface area contributed by atoms with Crippen molar-refractivity contribution in [2.75, 3.05) is 0 Å². The molecule has 3 N–H and O–H groups in total. The van der Waals surface area contributed by atoms with Crippen molar-refractivity contribution in [1.82, 2.24) is 0 Å². The molecular weight excluding hydrogens is 207 g/mol. The van der Waals surface area contributed by atoms with E-state index in [0.717, 1.165) is 6.92 Å². The Hall–Kier alpha value is -1.07. The molecule has 0 aliphatic rings. The van der Waals surface area contributed by atoms with Gasteiger partial charge in [0.25, 0.3) is 0 Å². The number of rotatable bonds is 2. The third kappa shape index (κ3) is 2.30. The van der Waals surface area contributed by atoms with E-state index in [9.17, 15) is 18.3 Å². The molecule has 0 saturated heterocycles. The minimum Gasteiger partial charge on any atom is -0.386 e. The predicted octanol–water partition coefficient (Wildman–Crippen LogP) is 2.00. The van der Waals surface area contributed by atoms with Crippen molar-refractivity contribution >= 4 is 0 Å². The highest BCUT2D eigenvalue weighted by Gasteiger charge is 2.53. The third-order valence-electron chi connectivity index (χ3n) is 2.29. The first-order chi connectivity index (χ1) is 6.77. The van der Waals surface area contributed by atoms with Crippen molar-refractivity contribution in [3.05, 3.63) is 35.9 Å². The average molecular weight is 219 g/mol. The molecule has 1 aromatic rings. The molecule has 2 atom stereocenters. The minimum atomic E-state index is -4.65. The topological polar surface area (TPSA) is 46.2 Å². The summed E-state index contributed by atoms with van der Waals surface area (Å²) in [6.07, 6.45) is -6.42. The van der Waals surface area contributed by atoms with Crippen molar-refractivity contribution in [3.8, 4) is 0 Å². The Bertz CT molecular complexity index is 321. The fraction of sp³-hybridized carbons (Fsp3) is 0.400. The van der Waals surface area contributed by atoms with Crippen molar-refractivity contribution in [2.45, 2.75) is 24.7 Å². The molecule has 0 heterocycles. The largest absolute Gasteiger partial charge is 0.408 e. The average Bonchev–Trinajstić information content (AvgIpc) is 2.16. The van der Waals surface area contributed by atoms with E-state index in [1.165, 1.54) is 12.1 Å². The molecule has 0 fully saturated rings. The zero-order valence-corrected chi connectivity index (χ0v) is 8.12. The van der Waals surface area contributed by atoms with Gasteiger partial charge >= 0.3 is 6.18 Å². The van der Waals surface area contributed by atoms with Crippen LogP contribution in [0.4, 0.5) is 13.2 Å². The summed E-state index contributed by atoms with van der Waals surface area (Å²) < 4.78 is 37.5. The molecule has 0 saturated carbocycles. The lowest BCUT2D eigenvalue weighted by atomic mass is 9.90.